The van der Waals surface area contributed by atoms with Gasteiger partial charge in [0.1, 0.15) is 29.5 Å². The number of carbonyl (C=O) groups is 1. The molecule has 0 unspecified atom stereocenters. The second-order valence-electron chi connectivity index (χ2n) is 6.73. The molecule has 3 aromatic heterocycles. The van der Waals surface area contributed by atoms with Crippen LogP contribution in [0.15, 0.2) is 65.7 Å². The highest BCUT2D eigenvalue weighted by Crippen LogP contribution is 2.16. The molecule has 0 aliphatic heterocycles. The highest BCUT2D eigenvalue weighted by molar-refractivity contribution is 5.94. The molecule has 0 bridgehead atoms. The van der Waals surface area contributed by atoms with Crippen LogP contribution in [0.3, 0.4) is 0 Å². The first kappa shape index (κ1) is 19.4. The molecule has 0 saturated heterocycles. The Bertz CT molecular complexity index is 1290. The highest BCUT2D eigenvalue weighted by atomic mass is 19.1. The van der Waals surface area contributed by atoms with Crippen LogP contribution in [-0.2, 0) is 6.61 Å². The van der Waals surface area contributed by atoms with Gasteiger partial charge < -0.3 is 14.5 Å². The number of aryl methyl sites for hydroxylation is 1. The van der Waals surface area contributed by atoms with E-state index in [2.05, 4.69) is 10.3 Å². The van der Waals surface area contributed by atoms with E-state index in [0.717, 1.165) is 5.56 Å². The summed E-state index contributed by atoms with van der Waals surface area (Å²) in [6.45, 7) is 2.02. The third kappa shape index (κ3) is 3.67. The number of benzene rings is 1. The van der Waals surface area contributed by atoms with Gasteiger partial charge in [0.2, 0.25) is 0 Å². The molecule has 0 fully saturated rings. The lowest BCUT2D eigenvalue weighted by molar-refractivity contribution is 0.0958. The van der Waals surface area contributed by atoms with Crippen LogP contribution in [0.5, 0.6) is 5.75 Å². The fraction of sp³-hybridized carbons (Fsp3) is 0.136. The first-order valence-corrected chi connectivity index (χ1v) is 9.27. The van der Waals surface area contributed by atoms with Gasteiger partial charge >= 0.3 is 0 Å². The van der Waals surface area contributed by atoms with Gasteiger partial charge in [-0.1, -0.05) is 12.1 Å². The van der Waals surface area contributed by atoms with Crippen molar-refractivity contribution in [2.24, 2.45) is 0 Å². The van der Waals surface area contributed by atoms with E-state index in [9.17, 15) is 14.0 Å². The van der Waals surface area contributed by atoms with Gasteiger partial charge in [-0.25, -0.2) is 9.37 Å². The van der Waals surface area contributed by atoms with E-state index in [1.165, 1.54) is 22.8 Å². The molecule has 4 aromatic rings. The summed E-state index contributed by atoms with van der Waals surface area (Å²) in [5, 5.41) is 2.57. The molecule has 0 radical (unpaired) electrons. The summed E-state index contributed by atoms with van der Waals surface area (Å²) in [6.07, 6.45) is 3.37. The van der Waals surface area contributed by atoms with E-state index in [-0.39, 0.29) is 23.9 Å². The minimum atomic E-state index is -0.311. The molecule has 0 aliphatic carbocycles. The number of nitrogens with one attached hydrogen (secondary N) is 1. The Morgan fingerprint density at radius 2 is 1.93 bits per heavy atom. The third-order valence-electron chi connectivity index (χ3n) is 4.77. The topological polar surface area (TPSA) is 77.6 Å². The molecule has 4 rings (SSSR count). The Labute approximate surface area is 171 Å². The Kier molecular flexibility index (Phi) is 5.05. The Morgan fingerprint density at radius 3 is 2.63 bits per heavy atom. The zero-order valence-electron chi connectivity index (χ0n) is 16.4. The number of carbonyl (C=O) groups excluding carboxylic acids is 1. The van der Waals surface area contributed by atoms with E-state index in [4.69, 9.17) is 4.74 Å². The number of nitrogens with zero attached hydrogens (tertiary/aromatic N) is 3. The van der Waals surface area contributed by atoms with E-state index in [0.29, 0.717) is 28.5 Å². The van der Waals surface area contributed by atoms with Gasteiger partial charge in [-0.2, -0.15) is 0 Å². The molecular weight excluding hydrogens is 387 g/mol. The minimum Gasteiger partial charge on any atom is -0.489 e. The van der Waals surface area contributed by atoms with E-state index in [1.807, 2.05) is 0 Å². The standard InChI is InChI=1S/C22H19FN4O3/c1-14-21(22(29)24-2)25-19-8-7-17(12-27(14)19)26-10-9-18(11-20(26)28)30-13-15-3-5-16(23)6-4-15/h3-12H,13H2,1-2H3,(H,24,29). The summed E-state index contributed by atoms with van der Waals surface area (Å²) in [7, 11) is 1.55. The second-order valence-corrected chi connectivity index (χ2v) is 6.73. The van der Waals surface area contributed by atoms with Gasteiger partial charge in [-0.05, 0) is 42.8 Å². The maximum atomic E-state index is 13.0. The summed E-state index contributed by atoms with van der Waals surface area (Å²) in [6, 6.07) is 12.6. The molecule has 152 valence electrons. The van der Waals surface area contributed by atoms with Crippen molar-refractivity contribution in [2.45, 2.75) is 13.5 Å². The molecule has 1 amide bonds. The van der Waals surface area contributed by atoms with Crippen molar-refractivity contribution in [1.82, 2.24) is 19.3 Å². The van der Waals surface area contributed by atoms with Crippen molar-refractivity contribution >= 4 is 11.6 Å². The maximum Gasteiger partial charge on any atom is 0.271 e. The monoisotopic (exact) mass is 406 g/mol. The van der Waals surface area contributed by atoms with Crippen LogP contribution in [0, 0.1) is 12.7 Å². The largest absolute Gasteiger partial charge is 0.489 e. The van der Waals surface area contributed by atoms with E-state index in [1.54, 1.807) is 61.1 Å². The quantitative estimate of drug-likeness (QED) is 0.553. The summed E-state index contributed by atoms with van der Waals surface area (Å²) >= 11 is 0. The highest BCUT2D eigenvalue weighted by Gasteiger charge is 2.15. The summed E-state index contributed by atoms with van der Waals surface area (Å²) in [5.41, 5.74) is 2.79. The summed E-state index contributed by atoms with van der Waals surface area (Å²) < 4.78 is 21.9. The lowest BCUT2D eigenvalue weighted by Gasteiger charge is -2.10. The first-order chi connectivity index (χ1) is 14.5. The van der Waals surface area contributed by atoms with Gasteiger partial charge in [-0.15, -0.1) is 0 Å². The lowest BCUT2D eigenvalue weighted by Crippen LogP contribution is -2.19. The number of rotatable bonds is 5. The number of aromatic nitrogens is 3. The number of hydrogen-bond acceptors (Lipinski definition) is 4. The van der Waals surface area contributed by atoms with Crippen LogP contribution in [0.4, 0.5) is 4.39 Å². The molecule has 0 atom stereocenters. The van der Waals surface area contributed by atoms with Crippen molar-refractivity contribution in [3.8, 4) is 11.4 Å². The zero-order valence-corrected chi connectivity index (χ0v) is 16.4. The Balaban J connectivity index is 1.60. The molecule has 1 N–H and O–H groups in total. The number of imidazole rings is 1. The molecule has 0 saturated carbocycles. The van der Waals surface area contributed by atoms with Crippen molar-refractivity contribution in [1.29, 1.82) is 0 Å². The fourth-order valence-electron chi connectivity index (χ4n) is 3.14. The number of pyridine rings is 2. The number of fused-ring (bicyclic) bond motifs is 1. The molecule has 8 heteroatoms. The van der Waals surface area contributed by atoms with Gasteiger partial charge in [0, 0.05) is 25.5 Å². The van der Waals surface area contributed by atoms with E-state index < -0.39 is 0 Å². The Morgan fingerprint density at radius 1 is 1.17 bits per heavy atom. The molecule has 7 nitrogen and oxygen atoms in total. The van der Waals surface area contributed by atoms with Crippen LogP contribution >= 0.6 is 0 Å². The lowest BCUT2D eigenvalue weighted by atomic mass is 10.2. The van der Waals surface area contributed by atoms with Crippen LogP contribution in [-0.4, -0.2) is 26.9 Å². The average molecular weight is 406 g/mol. The van der Waals surface area contributed by atoms with Crippen molar-refractivity contribution < 1.29 is 13.9 Å². The van der Waals surface area contributed by atoms with E-state index >= 15 is 0 Å². The smallest absolute Gasteiger partial charge is 0.271 e. The first-order valence-electron chi connectivity index (χ1n) is 9.27. The van der Waals surface area contributed by atoms with Crippen LogP contribution < -0.4 is 15.6 Å². The van der Waals surface area contributed by atoms with Crippen molar-refractivity contribution in [2.75, 3.05) is 7.05 Å². The summed E-state index contributed by atoms with van der Waals surface area (Å²) in [4.78, 5) is 28.9. The number of ether oxygens (including phenoxy) is 1. The Hall–Kier alpha value is -3.94. The molecule has 0 aliphatic rings. The molecule has 0 spiro atoms. The number of halogens is 1. The molecule has 3 heterocycles. The number of hydrogen-bond donors (Lipinski definition) is 1. The van der Waals surface area contributed by atoms with Gasteiger partial charge in [0.25, 0.3) is 11.5 Å². The molecule has 1 aromatic carbocycles. The van der Waals surface area contributed by atoms with Crippen LogP contribution in [0.25, 0.3) is 11.3 Å². The summed E-state index contributed by atoms with van der Waals surface area (Å²) in [5.74, 6) is -0.158. The van der Waals surface area contributed by atoms with Crippen LogP contribution in [0.2, 0.25) is 0 Å². The van der Waals surface area contributed by atoms with Gasteiger partial charge in [-0.3, -0.25) is 14.2 Å². The predicted molar refractivity (Wildman–Crippen MR) is 110 cm³/mol. The van der Waals surface area contributed by atoms with Crippen molar-refractivity contribution in [3.63, 3.8) is 0 Å². The minimum absolute atomic E-state index is 0.228. The van der Waals surface area contributed by atoms with Crippen LogP contribution in [0.1, 0.15) is 21.7 Å². The van der Waals surface area contributed by atoms with Gasteiger partial charge in [0.05, 0.1) is 11.4 Å². The number of amides is 1. The second kappa shape index (κ2) is 7.82. The average Bonchev–Trinajstić information content (AvgIpc) is 3.09. The fourth-order valence-corrected chi connectivity index (χ4v) is 3.14. The zero-order chi connectivity index (χ0) is 21.3. The predicted octanol–water partition coefficient (Wildman–Crippen LogP) is 2.87. The van der Waals surface area contributed by atoms with Gasteiger partial charge in [0.15, 0.2) is 0 Å². The third-order valence-corrected chi connectivity index (χ3v) is 4.77. The maximum absolute atomic E-state index is 13.0. The normalized spacial score (nSPS) is 10.9. The molecule has 30 heavy (non-hydrogen) atoms. The SMILES string of the molecule is CNC(=O)c1nc2ccc(-n3ccc(OCc4ccc(F)cc4)cc3=O)cn2c1C. The van der Waals surface area contributed by atoms with Crippen molar-refractivity contribution in [3.05, 3.63) is 94.0 Å². The molecular formula is C22H19FN4O3.